The molecule has 1 unspecified atom stereocenters. The SMILES string of the molecule is COC(=O)Cl.COC(=O)NC(CCS(C)(=O)=O)C(=O)O. The van der Waals surface area contributed by atoms with Crippen LogP contribution in [0.25, 0.3) is 0 Å². The topological polar surface area (TPSA) is 136 Å². The molecule has 0 aliphatic heterocycles. The number of nitrogens with one attached hydrogen (secondary N) is 1. The van der Waals surface area contributed by atoms with E-state index in [-0.39, 0.29) is 12.2 Å². The van der Waals surface area contributed by atoms with Crippen LogP contribution < -0.4 is 5.32 Å². The maximum Gasteiger partial charge on any atom is 0.407 e. The number of carbonyl (C=O) groups excluding carboxylic acids is 2. The van der Waals surface area contributed by atoms with Gasteiger partial charge in [0.1, 0.15) is 15.9 Å². The average Bonchev–Trinajstić information content (AvgIpc) is 2.33. The van der Waals surface area contributed by atoms with E-state index in [9.17, 15) is 22.8 Å². The number of methoxy groups -OCH3 is 2. The van der Waals surface area contributed by atoms with E-state index in [2.05, 4.69) is 21.1 Å². The molecule has 0 heterocycles. The molecule has 0 rings (SSSR count). The second-order valence-electron chi connectivity index (χ2n) is 3.39. The third-order valence-corrected chi connectivity index (χ3v) is 2.84. The first-order valence-corrected chi connectivity index (χ1v) is 7.45. The fourth-order valence-electron chi connectivity index (χ4n) is 0.790. The maximum atomic E-state index is 10.8. The molecule has 0 bridgehead atoms. The molecule has 0 aromatic carbocycles. The highest BCUT2D eigenvalue weighted by molar-refractivity contribution is 7.90. The van der Waals surface area contributed by atoms with Gasteiger partial charge in [-0.1, -0.05) is 0 Å². The van der Waals surface area contributed by atoms with Crippen LogP contribution in [0.15, 0.2) is 0 Å². The van der Waals surface area contributed by atoms with Crippen LogP contribution in [0.3, 0.4) is 0 Å². The Morgan fingerprint density at radius 2 is 1.70 bits per heavy atom. The van der Waals surface area contributed by atoms with Gasteiger partial charge < -0.3 is 19.9 Å². The summed E-state index contributed by atoms with van der Waals surface area (Å²) in [6, 6.07) is -1.26. The average molecular weight is 334 g/mol. The second kappa shape index (κ2) is 10.3. The quantitative estimate of drug-likeness (QED) is 0.682. The molecule has 0 saturated heterocycles. The molecule has 0 aromatic heterocycles. The highest BCUT2D eigenvalue weighted by Gasteiger charge is 2.21. The lowest BCUT2D eigenvalue weighted by Crippen LogP contribution is -2.41. The Kier molecular flexibility index (Phi) is 10.7. The monoisotopic (exact) mass is 333 g/mol. The largest absolute Gasteiger partial charge is 0.480 e. The number of halogens is 1. The maximum absolute atomic E-state index is 10.8. The zero-order chi connectivity index (χ0) is 16.3. The fourth-order valence-corrected chi connectivity index (χ4v) is 1.45. The van der Waals surface area contributed by atoms with Crippen LogP contribution >= 0.6 is 11.6 Å². The predicted octanol–water partition coefficient (Wildman–Crippen LogP) is 0.222. The first-order valence-electron chi connectivity index (χ1n) is 5.02. The molecule has 0 aliphatic rings. The van der Waals surface area contributed by atoms with Crippen molar-refractivity contribution < 1.29 is 37.4 Å². The van der Waals surface area contributed by atoms with Crippen molar-refractivity contribution >= 4 is 38.9 Å². The van der Waals surface area contributed by atoms with Crippen molar-refractivity contribution in [2.75, 3.05) is 26.2 Å². The van der Waals surface area contributed by atoms with Gasteiger partial charge in [-0.3, -0.25) is 0 Å². The summed E-state index contributed by atoms with van der Waals surface area (Å²) in [5.74, 6) is -1.61. The van der Waals surface area contributed by atoms with E-state index in [1.54, 1.807) is 0 Å². The van der Waals surface area contributed by atoms with Crippen LogP contribution in [0, 0.1) is 0 Å². The van der Waals surface area contributed by atoms with Crippen LogP contribution in [-0.4, -0.2) is 63.3 Å². The molecule has 0 saturated carbocycles. The molecule has 11 heteroatoms. The number of amides is 1. The van der Waals surface area contributed by atoms with Gasteiger partial charge >= 0.3 is 17.5 Å². The Morgan fingerprint density at radius 3 is 1.95 bits per heavy atom. The summed E-state index contributed by atoms with van der Waals surface area (Å²) in [6.45, 7) is 0. The first-order chi connectivity index (χ1) is 9.03. The third kappa shape index (κ3) is 14.5. The molecule has 118 valence electrons. The van der Waals surface area contributed by atoms with Gasteiger partial charge in [0.25, 0.3) is 0 Å². The standard InChI is InChI=1S/C7H13NO6S.C2H3ClO2/c1-14-7(11)8-5(6(9)10)3-4-15(2,12)13;1-5-2(3)4/h5H,3-4H2,1-2H3,(H,8,11)(H,9,10);1H3. The molecule has 0 fully saturated rings. The van der Waals surface area contributed by atoms with E-state index >= 15 is 0 Å². The van der Waals surface area contributed by atoms with Crippen LogP contribution in [-0.2, 0) is 24.1 Å². The van der Waals surface area contributed by atoms with Crippen LogP contribution in [0.2, 0.25) is 0 Å². The first kappa shape index (κ1) is 20.8. The van der Waals surface area contributed by atoms with Crippen molar-refractivity contribution in [1.82, 2.24) is 5.32 Å². The molecule has 1 amide bonds. The molecular formula is C9H16ClNO8S. The summed E-state index contributed by atoms with van der Waals surface area (Å²) < 4.78 is 29.6. The molecule has 20 heavy (non-hydrogen) atoms. The molecule has 2 N–H and O–H groups in total. The number of carbonyl (C=O) groups is 3. The molecule has 1 atom stereocenters. The van der Waals surface area contributed by atoms with Gasteiger partial charge in [0, 0.05) is 17.9 Å². The van der Waals surface area contributed by atoms with E-state index in [1.165, 1.54) is 7.11 Å². The minimum atomic E-state index is -3.25. The summed E-state index contributed by atoms with van der Waals surface area (Å²) >= 11 is 4.60. The number of carboxylic acid groups (broad SMARTS) is 1. The van der Waals surface area contributed by atoms with Crippen LogP contribution in [0.1, 0.15) is 6.42 Å². The fraction of sp³-hybridized carbons (Fsp3) is 0.667. The Hall–Kier alpha value is -1.55. The molecule has 0 aromatic rings. The Morgan fingerprint density at radius 1 is 1.25 bits per heavy atom. The number of alkyl carbamates (subject to hydrolysis) is 1. The number of ether oxygens (including phenoxy) is 2. The Balaban J connectivity index is 0. The van der Waals surface area contributed by atoms with Crippen molar-refractivity contribution in [3.05, 3.63) is 0 Å². The predicted molar refractivity (Wildman–Crippen MR) is 69.6 cm³/mol. The molecule has 9 nitrogen and oxygen atoms in total. The number of carboxylic acids is 1. The number of sulfone groups is 1. The van der Waals surface area contributed by atoms with Gasteiger partial charge in [-0.2, -0.15) is 0 Å². The molecular weight excluding hydrogens is 318 g/mol. The Bertz CT molecular complexity index is 435. The normalized spacial score (nSPS) is 11.4. The molecule has 0 aliphatic carbocycles. The summed E-state index contributed by atoms with van der Waals surface area (Å²) in [5, 5.41) is 10.7. The molecule has 0 radical (unpaired) electrons. The lowest BCUT2D eigenvalue weighted by molar-refractivity contribution is -0.139. The summed E-state index contributed by atoms with van der Waals surface area (Å²) in [5.41, 5.74) is -0.773. The van der Waals surface area contributed by atoms with E-state index in [0.717, 1.165) is 13.4 Å². The lowest BCUT2D eigenvalue weighted by Gasteiger charge is -2.12. The van der Waals surface area contributed by atoms with E-state index in [0.29, 0.717) is 0 Å². The zero-order valence-corrected chi connectivity index (χ0v) is 12.7. The summed E-state index contributed by atoms with van der Waals surface area (Å²) in [6.07, 6.45) is -0.108. The minimum Gasteiger partial charge on any atom is -0.480 e. The van der Waals surface area contributed by atoms with Gasteiger partial charge in [0.05, 0.1) is 20.0 Å². The van der Waals surface area contributed by atoms with Crippen molar-refractivity contribution in [3.8, 4) is 0 Å². The minimum absolute atomic E-state index is 0.191. The van der Waals surface area contributed by atoms with Crippen LogP contribution in [0.5, 0.6) is 0 Å². The smallest absolute Gasteiger partial charge is 0.407 e. The lowest BCUT2D eigenvalue weighted by atomic mass is 10.2. The van der Waals surface area contributed by atoms with Crippen LogP contribution in [0.4, 0.5) is 9.59 Å². The van der Waals surface area contributed by atoms with Gasteiger partial charge in [0.2, 0.25) is 0 Å². The van der Waals surface area contributed by atoms with E-state index in [1.807, 2.05) is 5.32 Å². The van der Waals surface area contributed by atoms with Gasteiger partial charge in [-0.15, -0.1) is 0 Å². The number of hydrogen-bond acceptors (Lipinski definition) is 7. The third-order valence-electron chi connectivity index (χ3n) is 1.71. The number of aliphatic carboxylic acids is 1. The van der Waals surface area contributed by atoms with Crippen molar-refractivity contribution in [2.45, 2.75) is 12.5 Å². The van der Waals surface area contributed by atoms with Gasteiger partial charge in [-0.05, 0) is 6.42 Å². The number of hydrogen-bond donors (Lipinski definition) is 2. The zero-order valence-electron chi connectivity index (χ0n) is 11.1. The number of rotatable bonds is 5. The van der Waals surface area contributed by atoms with Crippen molar-refractivity contribution in [3.63, 3.8) is 0 Å². The highest BCUT2D eigenvalue weighted by Crippen LogP contribution is 1.97. The summed E-state index contributed by atoms with van der Waals surface area (Å²) in [7, 11) is -0.945. The van der Waals surface area contributed by atoms with Gasteiger partial charge in [-0.25, -0.2) is 22.8 Å². The van der Waals surface area contributed by atoms with Gasteiger partial charge in [0.15, 0.2) is 0 Å². The highest BCUT2D eigenvalue weighted by atomic mass is 35.5. The Labute approximate surface area is 121 Å². The van der Waals surface area contributed by atoms with Crippen molar-refractivity contribution in [2.24, 2.45) is 0 Å². The van der Waals surface area contributed by atoms with E-state index < -0.39 is 33.4 Å². The van der Waals surface area contributed by atoms with Crippen molar-refractivity contribution in [1.29, 1.82) is 0 Å². The van der Waals surface area contributed by atoms with E-state index in [4.69, 9.17) is 5.11 Å². The summed E-state index contributed by atoms with van der Waals surface area (Å²) in [4.78, 5) is 30.7. The molecule has 0 spiro atoms. The second-order valence-corrected chi connectivity index (χ2v) is 5.96.